The SMILES string of the molecule is C=CC[C@H](C)[C@H](O)c1ccccc1. The van der Waals surface area contributed by atoms with Gasteiger partial charge < -0.3 is 5.11 Å². The number of aliphatic hydroxyl groups is 1. The molecule has 0 aliphatic carbocycles. The fourth-order valence-electron chi connectivity index (χ4n) is 1.37. The molecule has 0 heterocycles. The summed E-state index contributed by atoms with van der Waals surface area (Å²) in [5.41, 5.74) is 0.983. The number of allylic oxidation sites excluding steroid dienone is 1. The quantitative estimate of drug-likeness (QED) is 0.699. The summed E-state index contributed by atoms with van der Waals surface area (Å²) in [4.78, 5) is 0. The molecule has 0 spiro atoms. The first-order valence-corrected chi connectivity index (χ1v) is 4.59. The van der Waals surface area contributed by atoms with Gasteiger partial charge in [-0.05, 0) is 17.9 Å². The van der Waals surface area contributed by atoms with Gasteiger partial charge in [0.05, 0.1) is 6.10 Å². The van der Waals surface area contributed by atoms with Crippen LogP contribution >= 0.6 is 0 Å². The van der Waals surface area contributed by atoms with Gasteiger partial charge in [0.15, 0.2) is 0 Å². The van der Waals surface area contributed by atoms with Gasteiger partial charge in [-0.15, -0.1) is 6.58 Å². The highest BCUT2D eigenvalue weighted by Gasteiger charge is 2.13. The Bertz CT molecular complexity index is 253. The highest BCUT2D eigenvalue weighted by molar-refractivity contribution is 5.17. The summed E-state index contributed by atoms with van der Waals surface area (Å²) < 4.78 is 0. The lowest BCUT2D eigenvalue weighted by molar-refractivity contribution is 0.119. The van der Waals surface area contributed by atoms with Gasteiger partial charge in [-0.2, -0.15) is 0 Å². The standard InChI is InChI=1S/C12H16O/c1-3-7-10(2)12(13)11-8-5-4-6-9-11/h3-6,8-10,12-13H,1,7H2,2H3/t10-,12-/m0/s1. The van der Waals surface area contributed by atoms with E-state index in [-0.39, 0.29) is 12.0 Å². The third kappa shape index (κ3) is 2.71. The second kappa shape index (κ2) is 4.83. The lowest BCUT2D eigenvalue weighted by atomic mass is 9.95. The van der Waals surface area contributed by atoms with Crippen molar-refractivity contribution in [1.29, 1.82) is 0 Å². The van der Waals surface area contributed by atoms with Crippen molar-refractivity contribution in [3.05, 3.63) is 48.6 Å². The summed E-state index contributed by atoms with van der Waals surface area (Å²) in [6, 6.07) is 9.74. The number of hydrogen-bond donors (Lipinski definition) is 1. The van der Waals surface area contributed by atoms with E-state index < -0.39 is 0 Å². The molecule has 0 aromatic heterocycles. The highest BCUT2D eigenvalue weighted by atomic mass is 16.3. The summed E-state index contributed by atoms with van der Waals surface area (Å²) in [7, 11) is 0. The summed E-state index contributed by atoms with van der Waals surface area (Å²) >= 11 is 0. The Labute approximate surface area is 79.7 Å². The van der Waals surface area contributed by atoms with Crippen molar-refractivity contribution in [2.45, 2.75) is 19.4 Å². The maximum absolute atomic E-state index is 9.87. The minimum Gasteiger partial charge on any atom is -0.388 e. The molecule has 0 unspecified atom stereocenters. The van der Waals surface area contributed by atoms with Crippen LogP contribution in [0.2, 0.25) is 0 Å². The van der Waals surface area contributed by atoms with Gasteiger partial charge in [0, 0.05) is 0 Å². The van der Waals surface area contributed by atoms with Crippen LogP contribution in [0.25, 0.3) is 0 Å². The zero-order chi connectivity index (χ0) is 9.68. The van der Waals surface area contributed by atoms with Crippen LogP contribution in [0, 0.1) is 5.92 Å². The molecule has 0 saturated heterocycles. The average Bonchev–Trinajstić information content (AvgIpc) is 2.18. The van der Waals surface area contributed by atoms with Gasteiger partial charge in [0.1, 0.15) is 0 Å². The van der Waals surface area contributed by atoms with Crippen molar-refractivity contribution in [2.75, 3.05) is 0 Å². The molecule has 70 valence electrons. The molecule has 1 N–H and O–H groups in total. The van der Waals surface area contributed by atoms with E-state index in [2.05, 4.69) is 6.58 Å². The highest BCUT2D eigenvalue weighted by Crippen LogP contribution is 2.23. The van der Waals surface area contributed by atoms with Crippen molar-refractivity contribution < 1.29 is 5.11 Å². The largest absolute Gasteiger partial charge is 0.388 e. The molecule has 0 saturated carbocycles. The number of aliphatic hydroxyl groups excluding tert-OH is 1. The molecule has 2 atom stereocenters. The molecule has 1 aromatic rings. The predicted octanol–water partition coefficient (Wildman–Crippen LogP) is 2.93. The van der Waals surface area contributed by atoms with E-state index in [1.807, 2.05) is 43.3 Å². The van der Waals surface area contributed by atoms with Crippen molar-refractivity contribution >= 4 is 0 Å². The normalized spacial score (nSPS) is 14.9. The van der Waals surface area contributed by atoms with Crippen LogP contribution in [0.4, 0.5) is 0 Å². The van der Waals surface area contributed by atoms with Crippen molar-refractivity contribution in [3.63, 3.8) is 0 Å². The Hall–Kier alpha value is -1.08. The number of hydrogen-bond acceptors (Lipinski definition) is 1. The molecule has 13 heavy (non-hydrogen) atoms. The van der Waals surface area contributed by atoms with Crippen molar-refractivity contribution in [2.24, 2.45) is 5.92 Å². The Balaban J connectivity index is 2.67. The molecule has 0 radical (unpaired) electrons. The zero-order valence-corrected chi connectivity index (χ0v) is 7.98. The van der Waals surface area contributed by atoms with E-state index >= 15 is 0 Å². The Morgan fingerprint density at radius 1 is 1.38 bits per heavy atom. The molecule has 1 aromatic carbocycles. The molecule has 0 bridgehead atoms. The smallest absolute Gasteiger partial charge is 0.0818 e. The van der Waals surface area contributed by atoms with Gasteiger partial charge in [0.2, 0.25) is 0 Å². The Morgan fingerprint density at radius 2 is 2.00 bits per heavy atom. The van der Waals surface area contributed by atoms with Crippen LogP contribution in [0.1, 0.15) is 25.0 Å². The summed E-state index contributed by atoms with van der Waals surface area (Å²) in [5.74, 6) is 0.236. The second-order valence-corrected chi connectivity index (χ2v) is 3.36. The van der Waals surface area contributed by atoms with Crippen LogP contribution in [-0.2, 0) is 0 Å². The summed E-state index contributed by atoms with van der Waals surface area (Å²) in [6.45, 7) is 5.69. The lowest BCUT2D eigenvalue weighted by Gasteiger charge is -2.17. The van der Waals surface area contributed by atoms with Crippen LogP contribution < -0.4 is 0 Å². The molecule has 0 aliphatic rings. The maximum atomic E-state index is 9.87. The molecule has 0 amide bonds. The minimum atomic E-state index is -0.376. The summed E-state index contributed by atoms with van der Waals surface area (Å²) in [5, 5.41) is 9.87. The van der Waals surface area contributed by atoms with Crippen LogP contribution in [0.15, 0.2) is 43.0 Å². The van der Waals surface area contributed by atoms with Crippen molar-refractivity contribution in [3.8, 4) is 0 Å². The van der Waals surface area contributed by atoms with Gasteiger partial charge in [-0.1, -0.05) is 43.3 Å². The molecule has 0 aliphatic heterocycles. The fourth-order valence-corrected chi connectivity index (χ4v) is 1.37. The molecule has 1 nitrogen and oxygen atoms in total. The van der Waals surface area contributed by atoms with E-state index in [1.54, 1.807) is 0 Å². The van der Waals surface area contributed by atoms with Gasteiger partial charge in [-0.3, -0.25) is 0 Å². The van der Waals surface area contributed by atoms with Gasteiger partial charge in [0.25, 0.3) is 0 Å². The molecule has 1 heteroatoms. The number of benzene rings is 1. The maximum Gasteiger partial charge on any atom is 0.0818 e. The van der Waals surface area contributed by atoms with Crippen molar-refractivity contribution in [1.82, 2.24) is 0 Å². The molecule has 0 fully saturated rings. The molecule has 1 rings (SSSR count). The van der Waals surface area contributed by atoms with Crippen LogP contribution in [0.5, 0.6) is 0 Å². The van der Waals surface area contributed by atoms with Crippen LogP contribution in [-0.4, -0.2) is 5.11 Å². The average molecular weight is 176 g/mol. The Kier molecular flexibility index (Phi) is 3.71. The van der Waals surface area contributed by atoms with E-state index in [4.69, 9.17) is 0 Å². The summed E-state index contributed by atoms with van der Waals surface area (Å²) in [6.07, 6.45) is 2.31. The van der Waals surface area contributed by atoms with Gasteiger partial charge >= 0.3 is 0 Å². The first-order valence-electron chi connectivity index (χ1n) is 4.59. The van der Waals surface area contributed by atoms with Crippen LogP contribution in [0.3, 0.4) is 0 Å². The predicted molar refractivity (Wildman–Crippen MR) is 55.4 cm³/mol. The van der Waals surface area contributed by atoms with Gasteiger partial charge in [-0.25, -0.2) is 0 Å². The van der Waals surface area contributed by atoms with E-state index in [0.717, 1.165) is 12.0 Å². The third-order valence-corrected chi connectivity index (χ3v) is 2.22. The second-order valence-electron chi connectivity index (χ2n) is 3.36. The molecular formula is C12H16O. The first kappa shape index (κ1) is 10.0. The fraction of sp³-hybridized carbons (Fsp3) is 0.333. The van der Waals surface area contributed by atoms with E-state index in [0.29, 0.717) is 0 Å². The monoisotopic (exact) mass is 176 g/mol. The first-order chi connectivity index (χ1) is 6.25. The third-order valence-electron chi connectivity index (χ3n) is 2.22. The topological polar surface area (TPSA) is 20.2 Å². The lowest BCUT2D eigenvalue weighted by Crippen LogP contribution is -2.07. The van der Waals surface area contributed by atoms with E-state index in [9.17, 15) is 5.11 Å². The molecular weight excluding hydrogens is 160 g/mol. The van der Waals surface area contributed by atoms with E-state index in [1.165, 1.54) is 0 Å². The Morgan fingerprint density at radius 3 is 2.54 bits per heavy atom. The number of rotatable bonds is 4. The zero-order valence-electron chi connectivity index (χ0n) is 7.98. The minimum absolute atomic E-state index is 0.236.